The third-order valence-corrected chi connectivity index (χ3v) is 3.17. The van der Waals surface area contributed by atoms with Crippen molar-refractivity contribution < 1.29 is 19.4 Å². The largest absolute Gasteiger partial charge is 0.522 e. The Morgan fingerprint density at radius 1 is 1.83 bits per heavy atom. The van der Waals surface area contributed by atoms with Crippen molar-refractivity contribution in [1.82, 2.24) is 5.01 Å². The highest BCUT2D eigenvalue weighted by molar-refractivity contribution is 8.00. The minimum absolute atomic E-state index is 0.0314. The maximum atomic E-state index is 11.7. The van der Waals surface area contributed by atoms with Gasteiger partial charge in [0, 0.05) is 5.75 Å². The van der Waals surface area contributed by atoms with E-state index in [2.05, 4.69) is 5.10 Å². The molecule has 1 amide bonds. The summed E-state index contributed by atoms with van der Waals surface area (Å²) in [6, 6.07) is 1.90. The van der Waals surface area contributed by atoms with Gasteiger partial charge in [0.25, 0.3) is 0 Å². The fourth-order valence-corrected chi connectivity index (χ4v) is 1.92. The lowest BCUT2D eigenvalue weighted by Crippen LogP contribution is -2.22. The molecule has 1 aliphatic rings. The van der Waals surface area contributed by atoms with Crippen LogP contribution in [0.25, 0.3) is 0 Å². The van der Waals surface area contributed by atoms with Gasteiger partial charge in [-0.3, -0.25) is 9.59 Å². The van der Waals surface area contributed by atoms with E-state index >= 15 is 0 Å². The zero-order valence-corrected chi connectivity index (χ0v) is 10.3. The van der Waals surface area contributed by atoms with E-state index in [0.717, 1.165) is 18.0 Å². The second kappa shape index (κ2) is 7.81. The van der Waals surface area contributed by atoms with E-state index in [-0.39, 0.29) is 31.3 Å². The van der Waals surface area contributed by atoms with Gasteiger partial charge in [0.15, 0.2) is 5.78 Å². The number of ketones is 1. The number of nitrogens with zero attached hydrogens (tertiary/aromatic N) is 3. The number of aliphatic hydroxyl groups excluding tert-OH is 1. The van der Waals surface area contributed by atoms with Crippen LogP contribution in [0, 0.1) is 18.1 Å². The molecule has 0 aliphatic carbocycles. The molecule has 1 unspecified atom stereocenters. The highest BCUT2D eigenvalue weighted by Gasteiger charge is 2.17. The molecule has 1 heterocycles. The van der Waals surface area contributed by atoms with Gasteiger partial charge in [0.1, 0.15) is 0 Å². The number of hydrazone groups is 1. The lowest BCUT2D eigenvalue weighted by atomic mass is 10.2. The van der Waals surface area contributed by atoms with Gasteiger partial charge in [-0.15, -0.1) is 11.8 Å². The molecule has 0 radical (unpaired) electrons. The van der Waals surface area contributed by atoms with Crippen molar-refractivity contribution >= 4 is 29.7 Å². The molecule has 0 aromatic rings. The zero-order valence-electron chi connectivity index (χ0n) is 9.48. The molecule has 1 saturated heterocycles. The molecule has 0 aromatic heterocycles. The number of hydrogen-bond acceptors (Lipinski definition) is 7. The number of carbonyl (C=O) groups is 2. The predicted molar refractivity (Wildman–Crippen MR) is 64.2 cm³/mol. The van der Waals surface area contributed by atoms with Crippen LogP contribution in [0.5, 0.6) is 0 Å². The first kappa shape index (κ1) is 14.6. The quantitative estimate of drug-likeness (QED) is 0.495. The SMILES string of the molecule is N#CCC(SCCO)C(=O)C=NN1[CH-]OCC1=O. The lowest BCUT2D eigenvalue weighted by Gasteiger charge is -2.16. The average Bonchev–Trinajstić information content (AvgIpc) is 2.77. The Labute approximate surface area is 108 Å². The molecule has 1 fully saturated rings. The lowest BCUT2D eigenvalue weighted by molar-refractivity contribution is -0.126. The maximum absolute atomic E-state index is 11.7. The third kappa shape index (κ3) is 4.44. The fraction of sp³-hybridized carbons (Fsp3) is 0.500. The second-order valence-electron chi connectivity index (χ2n) is 3.25. The minimum Gasteiger partial charge on any atom is -0.522 e. The number of ether oxygens (including phenoxy) is 1. The van der Waals surface area contributed by atoms with Crippen molar-refractivity contribution in [2.45, 2.75) is 11.7 Å². The van der Waals surface area contributed by atoms with Crippen molar-refractivity contribution in [2.75, 3.05) is 19.0 Å². The molecule has 1 aliphatic heterocycles. The van der Waals surface area contributed by atoms with Gasteiger partial charge >= 0.3 is 0 Å². The van der Waals surface area contributed by atoms with Crippen LogP contribution in [0.15, 0.2) is 5.10 Å². The highest BCUT2D eigenvalue weighted by Crippen LogP contribution is 2.14. The smallest absolute Gasteiger partial charge is 0.238 e. The number of Topliss-reactive ketones (excluding diaryl/α,β-unsaturated/α-hetero) is 1. The Balaban J connectivity index is 2.52. The fourth-order valence-electron chi connectivity index (χ4n) is 1.12. The van der Waals surface area contributed by atoms with E-state index in [1.165, 1.54) is 11.8 Å². The number of thioether (sulfide) groups is 1. The summed E-state index contributed by atoms with van der Waals surface area (Å²) in [5, 5.41) is 21.3. The first-order chi connectivity index (χ1) is 8.69. The summed E-state index contributed by atoms with van der Waals surface area (Å²) in [5.41, 5.74) is 0. The normalized spacial score (nSPS) is 17.1. The molecule has 1 atom stereocenters. The summed E-state index contributed by atoms with van der Waals surface area (Å²) >= 11 is 1.18. The zero-order chi connectivity index (χ0) is 13.4. The minimum atomic E-state index is -0.579. The molecular weight excluding hydrogens is 258 g/mol. The van der Waals surface area contributed by atoms with E-state index < -0.39 is 5.25 Å². The Kier molecular flexibility index (Phi) is 6.35. The molecule has 0 saturated carbocycles. The van der Waals surface area contributed by atoms with Crippen molar-refractivity contribution in [3.63, 3.8) is 0 Å². The van der Waals surface area contributed by atoms with Crippen molar-refractivity contribution in [3.8, 4) is 6.07 Å². The molecule has 18 heavy (non-hydrogen) atoms. The van der Waals surface area contributed by atoms with Crippen LogP contribution >= 0.6 is 11.8 Å². The van der Waals surface area contributed by atoms with Gasteiger partial charge in [0.2, 0.25) is 5.91 Å². The van der Waals surface area contributed by atoms with Gasteiger partial charge in [-0.05, 0) is 0 Å². The summed E-state index contributed by atoms with van der Waals surface area (Å²) in [4.78, 5) is 22.8. The molecule has 7 nitrogen and oxygen atoms in total. The molecule has 1 N–H and O–H groups in total. The number of hydrogen-bond donors (Lipinski definition) is 1. The van der Waals surface area contributed by atoms with Crippen LogP contribution in [-0.4, -0.2) is 52.2 Å². The van der Waals surface area contributed by atoms with Crippen LogP contribution in [0.4, 0.5) is 0 Å². The number of rotatable bonds is 7. The van der Waals surface area contributed by atoms with Crippen LogP contribution in [-0.2, 0) is 14.3 Å². The number of nitriles is 1. The highest BCUT2D eigenvalue weighted by atomic mass is 32.2. The Morgan fingerprint density at radius 2 is 2.61 bits per heavy atom. The Morgan fingerprint density at radius 3 is 3.17 bits per heavy atom. The maximum Gasteiger partial charge on any atom is 0.238 e. The molecule has 8 heteroatoms. The van der Waals surface area contributed by atoms with E-state index in [1.807, 2.05) is 6.07 Å². The predicted octanol–water partition coefficient (Wildman–Crippen LogP) is -0.473. The van der Waals surface area contributed by atoms with Gasteiger partial charge in [-0.2, -0.15) is 5.26 Å². The molecule has 0 bridgehead atoms. The average molecular weight is 270 g/mol. The van der Waals surface area contributed by atoms with Crippen LogP contribution in [0.2, 0.25) is 0 Å². The van der Waals surface area contributed by atoms with Gasteiger partial charge in [0.05, 0.1) is 37.2 Å². The molecule has 0 aromatic carbocycles. The van der Waals surface area contributed by atoms with Crippen LogP contribution < -0.4 is 0 Å². The summed E-state index contributed by atoms with van der Waals surface area (Å²) < 4.78 is 4.71. The number of aliphatic hydroxyl groups is 1. The monoisotopic (exact) mass is 270 g/mol. The van der Waals surface area contributed by atoms with Crippen LogP contribution in [0.1, 0.15) is 6.42 Å². The standard InChI is InChI=1S/C10H12N3O4S/c11-2-1-9(18-4-3-14)8(15)5-12-13-7-17-6-10(13)16/h5,7,9,14H,1,3-4,6H2/q-1. The van der Waals surface area contributed by atoms with Crippen molar-refractivity contribution in [2.24, 2.45) is 5.10 Å². The Hall–Kier alpha value is -1.43. The topological polar surface area (TPSA) is 103 Å². The first-order valence-electron chi connectivity index (χ1n) is 5.13. The third-order valence-electron chi connectivity index (χ3n) is 1.95. The van der Waals surface area contributed by atoms with Gasteiger partial charge in [-0.25, -0.2) is 5.10 Å². The van der Waals surface area contributed by atoms with E-state index in [4.69, 9.17) is 15.1 Å². The summed E-state index contributed by atoms with van der Waals surface area (Å²) in [6.45, 7) is 0.960. The molecular formula is C10H12N3O4S-. The molecule has 1 rings (SSSR count). The van der Waals surface area contributed by atoms with E-state index in [0.29, 0.717) is 5.75 Å². The molecule has 98 valence electrons. The summed E-state index contributed by atoms with van der Waals surface area (Å²) in [7, 11) is 0. The Bertz CT molecular complexity index is 380. The van der Waals surface area contributed by atoms with E-state index in [1.54, 1.807) is 0 Å². The number of amides is 1. The van der Waals surface area contributed by atoms with E-state index in [9.17, 15) is 9.59 Å². The number of carbonyl (C=O) groups excluding carboxylic acids is 2. The van der Waals surface area contributed by atoms with Gasteiger partial charge < -0.3 is 14.9 Å². The van der Waals surface area contributed by atoms with Gasteiger partial charge in [-0.1, -0.05) is 6.73 Å². The first-order valence-corrected chi connectivity index (χ1v) is 6.18. The van der Waals surface area contributed by atoms with Crippen LogP contribution in [0.3, 0.4) is 0 Å². The summed E-state index contributed by atoms with van der Waals surface area (Å²) in [5.74, 6) is -0.369. The summed E-state index contributed by atoms with van der Waals surface area (Å²) in [6.07, 6.45) is 1.03. The van der Waals surface area contributed by atoms with Crippen molar-refractivity contribution in [1.29, 1.82) is 5.26 Å². The molecule has 0 spiro atoms. The second-order valence-corrected chi connectivity index (χ2v) is 4.56. The van der Waals surface area contributed by atoms with Crippen molar-refractivity contribution in [3.05, 3.63) is 6.73 Å².